The third-order valence-corrected chi connectivity index (χ3v) is 1.21. The van der Waals surface area contributed by atoms with Crippen LogP contribution >= 0.6 is 12.4 Å². The molecule has 0 aliphatic heterocycles. The molecule has 0 bridgehead atoms. The number of halogens is 1. The lowest BCUT2D eigenvalue weighted by atomic mass is 10.2. The summed E-state index contributed by atoms with van der Waals surface area (Å²) in [5.74, 6) is -0.536. The van der Waals surface area contributed by atoms with Gasteiger partial charge in [-0.2, -0.15) is 0 Å². The van der Waals surface area contributed by atoms with Crippen molar-refractivity contribution in [2.75, 3.05) is 0 Å². The number of hydrogen-bond donors (Lipinski definition) is 1. The standard InChI is InChI=1S/C8H9NO.ClH/c9-8(10)6-7-4-2-1-3-5-7;/h1-5H,6H2,(H2,9,10);1H/p-1. The highest BCUT2D eigenvalue weighted by Crippen LogP contribution is 1.97. The fourth-order valence-electron chi connectivity index (χ4n) is 0.781. The van der Waals surface area contributed by atoms with Crippen LogP contribution in [0.15, 0.2) is 30.3 Å². The van der Waals surface area contributed by atoms with Crippen molar-refractivity contribution in [3.63, 3.8) is 0 Å². The summed E-state index contributed by atoms with van der Waals surface area (Å²) < 4.78 is 0. The van der Waals surface area contributed by atoms with Crippen LogP contribution in [-0.2, 0) is 6.42 Å². The first-order valence-electron chi connectivity index (χ1n) is 3.07. The van der Waals surface area contributed by atoms with E-state index in [1.54, 1.807) is 0 Å². The Labute approximate surface area is 71.8 Å². The molecule has 0 spiro atoms. The molecule has 2 nitrogen and oxygen atoms in total. The van der Waals surface area contributed by atoms with Gasteiger partial charge in [0, 0.05) is 0 Å². The molecule has 1 aromatic carbocycles. The summed E-state index contributed by atoms with van der Waals surface area (Å²) in [6, 6.07) is 9.29. The molecule has 3 heteroatoms. The average Bonchev–Trinajstić information content (AvgIpc) is 1.88. The average molecular weight is 171 g/mol. The molecule has 0 atom stereocenters. The van der Waals surface area contributed by atoms with Crippen LogP contribution in [0.3, 0.4) is 0 Å². The molecule has 1 rings (SSSR count). The molecule has 0 heterocycles. The van der Waals surface area contributed by atoms with Gasteiger partial charge in [0.15, 0.2) is 0 Å². The van der Waals surface area contributed by atoms with Gasteiger partial charge in [-0.15, -0.1) is 12.4 Å². The van der Waals surface area contributed by atoms with Gasteiger partial charge in [0.2, 0.25) is 0 Å². The van der Waals surface area contributed by atoms with Gasteiger partial charge in [-0.25, -0.2) is 0 Å². The molecule has 11 heavy (non-hydrogen) atoms. The summed E-state index contributed by atoms with van der Waals surface area (Å²) in [5.41, 5.74) is 0.905. The molecule has 0 fully saturated rings. The van der Waals surface area contributed by atoms with Crippen molar-refractivity contribution in [1.82, 2.24) is 0 Å². The normalized spacial score (nSPS) is 8.36. The highest BCUT2D eigenvalue weighted by Gasteiger charge is 1.86. The van der Waals surface area contributed by atoms with Gasteiger partial charge in [0.05, 0.1) is 0 Å². The number of benzene rings is 1. The van der Waals surface area contributed by atoms with E-state index in [2.05, 4.69) is 0 Å². The van der Waals surface area contributed by atoms with Crippen molar-refractivity contribution in [1.29, 1.82) is 5.41 Å². The lowest BCUT2D eigenvalue weighted by Gasteiger charge is -2.05. The van der Waals surface area contributed by atoms with E-state index < -0.39 is 5.90 Å². The molecule has 60 valence electrons. The first-order valence-corrected chi connectivity index (χ1v) is 3.07. The summed E-state index contributed by atoms with van der Waals surface area (Å²) >= 11 is 0. The summed E-state index contributed by atoms with van der Waals surface area (Å²) in [5, 5.41) is 17.0. The van der Waals surface area contributed by atoms with Gasteiger partial charge in [0.1, 0.15) is 0 Å². The van der Waals surface area contributed by atoms with Gasteiger partial charge in [0.25, 0.3) is 0 Å². The summed E-state index contributed by atoms with van der Waals surface area (Å²) in [7, 11) is 0. The third-order valence-electron chi connectivity index (χ3n) is 1.21. The van der Waals surface area contributed by atoms with E-state index in [4.69, 9.17) is 5.41 Å². The zero-order valence-electron chi connectivity index (χ0n) is 5.91. The summed E-state index contributed by atoms with van der Waals surface area (Å²) in [6.07, 6.45) is 0.223. The van der Waals surface area contributed by atoms with Crippen molar-refractivity contribution < 1.29 is 5.11 Å². The van der Waals surface area contributed by atoms with Crippen molar-refractivity contribution >= 4 is 18.3 Å². The molecule has 1 aromatic rings. The van der Waals surface area contributed by atoms with Gasteiger partial charge in [-0.3, -0.25) is 0 Å². The molecule has 0 aliphatic rings. The Morgan fingerprint density at radius 2 is 1.82 bits per heavy atom. The molecular weight excluding hydrogens is 162 g/mol. The third kappa shape index (κ3) is 3.63. The lowest BCUT2D eigenvalue weighted by molar-refractivity contribution is -0.219. The molecular formula is C8H9ClNO-. The van der Waals surface area contributed by atoms with Gasteiger partial charge < -0.3 is 10.5 Å². The van der Waals surface area contributed by atoms with Crippen molar-refractivity contribution in [3.8, 4) is 0 Å². The largest absolute Gasteiger partial charge is 0.862 e. The van der Waals surface area contributed by atoms with Gasteiger partial charge in [-0.05, 0) is 17.9 Å². The molecule has 0 unspecified atom stereocenters. The second-order valence-corrected chi connectivity index (χ2v) is 2.09. The fourth-order valence-corrected chi connectivity index (χ4v) is 0.781. The molecule has 1 N–H and O–H groups in total. The fraction of sp³-hybridized carbons (Fsp3) is 0.125. The number of rotatable bonds is 2. The second kappa shape index (κ2) is 4.74. The molecule has 0 amide bonds. The van der Waals surface area contributed by atoms with E-state index in [0.29, 0.717) is 0 Å². The summed E-state index contributed by atoms with van der Waals surface area (Å²) in [4.78, 5) is 0. The Hall–Kier alpha value is -1.02. The van der Waals surface area contributed by atoms with E-state index in [9.17, 15) is 5.11 Å². The lowest BCUT2D eigenvalue weighted by Crippen LogP contribution is -2.17. The summed E-state index contributed by atoms with van der Waals surface area (Å²) in [6.45, 7) is 0. The second-order valence-electron chi connectivity index (χ2n) is 2.09. The minimum absolute atomic E-state index is 0. The molecule has 0 saturated carbocycles. The SMILES string of the molecule is Cl.N=C([O-])Cc1ccccc1. The van der Waals surface area contributed by atoms with Crippen LogP contribution in [0, 0.1) is 5.41 Å². The van der Waals surface area contributed by atoms with Gasteiger partial charge >= 0.3 is 0 Å². The molecule has 0 aliphatic carbocycles. The molecule has 0 saturated heterocycles. The first-order chi connectivity index (χ1) is 4.79. The highest BCUT2D eigenvalue weighted by molar-refractivity contribution is 5.85. The maximum atomic E-state index is 10.3. The van der Waals surface area contributed by atoms with Crippen LogP contribution < -0.4 is 5.11 Å². The van der Waals surface area contributed by atoms with Crippen LogP contribution in [-0.4, -0.2) is 5.90 Å². The van der Waals surface area contributed by atoms with Crippen LogP contribution in [0.5, 0.6) is 0 Å². The maximum Gasteiger partial charge on any atom is -0.0000916 e. The Bertz CT molecular complexity index is 223. The monoisotopic (exact) mass is 170 g/mol. The Morgan fingerprint density at radius 1 is 1.27 bits per heavy atom. The Kier molecular flexibility index (Phi) is 4.30. The predicted molar refractivity (Wildman–Crippen MR) is 45.1 cm³/mol. The Balaban J connectivity index is 0.000001000. The molecule has 0 radical (unpaired) electrons. The highest BCUT2D eigenvalue weighted by atomic mass is 35.5. The van der Waals surface area contributed by atoms with E-state index in [0.717, 1.165) is 5.56 Å². The van der Waals surface area contributed by atoms with E-state index in [-0.39, 0.29) is 18.8 Å². The molecule has 0 aromatic heterocycles. The van der Waals surface area contributed by atoms with E-state index in [1.165, 1.54) is 0 Å². The quantitative estimate of drug-likeness (QED) is 0.522. The van der Waals surface area contributed by atoms with Gasteiger partial charge in [-0.1, -0.05) is 30.3 Å². The number of nitrogens with one attached hydrogen (secondary N) is 1. The van der Waals surface area contributed by atoms with Crippen LogP contribution in [0.25, 0.3) is 0 Å². The van der Waals surface area contributed by atoms with Crippen LogP contribution in [0.1, 0.15) is 5.56 Å². The first kappa shape index (κ1) is 9.98. The minimum Gasteiger partial charge on any atom is -0.862 e. The predicted octanol–water partition coefficient (Wildman–Crippen LogP) is 0.988. The smallest absolute Gasteiger partial charge is 0.0000916 e. The number of hydrogen-bond acceptors (Lipinski definition) is 2. The van der Waals surface area contributed by atoms with Crippen LogP contribution in [0.2, 0.25) is 0 Å². The van der Waals surface area contributed by atoms with Crippen molar-refractivity contribution in [2.24, 2.45) is 0 Å². The zero-order valence-corrected chi connectivity index (χ0v) is 6.73. The van der Waals surface area contributed by atoms with E-state index >= 15 is 0 Å². The van der Waals surface area contributed by atoms with E-state index in [1.807, 2.05) is 30.3 Å². The minimum atomic E-state index is -0.536. The van der Waals surface area contributed by atoms with Crippen molar-refractivity contribution in [3.05, 3.63) is 35.9 Å². The van der Waals surface area contributed by atoms with Crippen LogP contribution in [0.4, 0.5) is 0 Å². The zero-order chi connectivity index (χ0) is 7.40. The maximum absolute atomic E-state index is 10.3. The van der Waals surface area contributed by atoms with Crippen molar-refractivity contribution in [2.45, 2.75) is 6.42 Å². The Morgan fingerprint density at radius 3 is 2.27 bits per heavy atom. The topological polar surface area (TPSA) is 46.9 Å².